The van der Waals surface area contributed by atoms with Gasteiger partial charge in [0, 0.05) is 5.92 Å². The third-order valence-corrected chi connectivity index (χ3v) is 2.74. The smallest absolute Gasteiger partial charge is 0.233 e. The van der Waals surface area contributed by atoms with Gasteiger partial charge in [0.25, 0.3) is 0 Å². The Kier molecular flexibility index (Phi) is 4.37. The van der Waals surface area contributed by atoms with E-state index in [0.29, 0.717) is 12.0 Å². The number of hydrogen-bond donors (Lipinski definition) is 1. The van der Waals surface area contributed by atoms with Crippen molar-refractivity contribution in [1.82, 2.24) is 15.5 Å². The van der Waals surface area contributed by atoms with Gasteiger partial charge in [-0.15, -0.1) is 35.0 Å². The molecule has 86 valence electrons. The van der Waals surface area contributed by atoms with Gasteiger partial charge in [-0.1, -0.05) is 0 Å². The summed E-state index contributed by atoms with van der Waals surface area (Å²) in [6.07, 6.45) is 4.79. The van der Waals surface area contributed by atoms with Crippen molar-refractivity contribution in [1.29, 1.82) is 0 Å². The van der Waals surface area contributed by atoms with Gasteiger partial charge in [0.05, 0.1) is 6.04 Å². The van der Waals surface area contributed by atoms with Crippen molar-refractivity contribution in [2.24, 2.45) is 0 Å². The van der Waals surface area contributed by atoms with E-state index in [1.165, 1.54) is 19.3 Å². The van der Waals surface area contributed by atoms with E-state index >= 15 is 0 Å². The van der Waals surface area contributed by atoms with Crippen LogP contribution in [-0.2, 0) is 0 Å². The zero-order valence-corrected chi connectivity index (χ0v) is 9.94. The summed E-state index contributed by atoms with van der Waals surface area (Å²) in [6, 6.07) is 0.319. The average Bonchev–Trinajstić information content (AvgIpc) is 2.72. The molecule has 1 aliphatic carbocycles. The Morgan fingerprint density at radius 2 is 1.80 bits per heavy atom. The molecule has 2 heterocycles. The molecule has 0 spiro atoms. The lowest BCUT2D eigenvalue weighted by atomic mass is 10.2. The van der Waals surface area contributed by atoms with Gasteiger partial charge in [-0.3, -0.25) is 0 Å². The van der Waals surface area contributed by atoms with Crippen LogP contribution in [0, 0.1) is 0 Å². The lowest BCUT2D eigenvalue weighted by molar-refractivity contribution is 0.403. The summed E-state index contributed by atoms with van der Waals surface area (Å²) in [5, 5.41) is 11.5. The minimum atomic E-state index is 0. The van der Waals surface area contributed by atoms with Crippen LogP contribution in [0.3, 0.4) is 0 Å². The molecule has 15 heavy (non-hydrogen) atoms. The van der Waals surface area contributed by atoms with Gasteiger partial charge >= 0.3 is 0 Å². The van der Waals surface area contributed by atoms with E-state index in [-0.39, 0.29) is 24.8 Å². The predicted molar refractivity (Wildman–Crippen MR) is 60.7 cm³/mol. The molecule has 1 aliphatic heterocycles. The highest BCUT2D eigenvalue weighted by atomic mass is 35.5. The van der Waals surface area contributed by atoms with Gasteiger partial charge in [-0.2, -0.15) is 0 Å². The molecule has 1 saturated carbocycles. The zero-order chi connectivity index (χ0) is 8.67. The third kappa shape index (κ3) is 2.62. The molecule has 0 bridgehead atoms. The lowest BCUT2D eigenvalue weighted by Crippen LogP contribution is -2.12. The molecule has 2 fully saturated rings. The van der Waals surface area contributed by atoms with E-state index in [1.807, 2.05) is 0 Å². The number of rotatable bonds is 2. The first-order valence-electron chi connectivity index (χ1n) is 5.00. The van der Waals surface area contributed by atoms with E-state index in [4.69, 9.17) is 4.42 Å². The summed E-state index contributed by atoms with van der Waals surface area (Å²) in [5.74, 6) is 2.21. The number of nitrogens with zero attached hydrogens (tertiary/aromatic N) is 2. The molecule has 0 radical (unpaired) electrons. The Hall–Kier alpha value is -0.320. The van der Waals surface area contributed by atoms with Crippen molar-refractivity contribution < 1.29 is 4.42 Å². The molecule has 1 aromatic heterocycles. The van der Waals surface area contributed by atoms with Crippen LogP contribution in [0.4, 0.5) is 0 Å². The normalized spacial score (nSPS) is 24.4. The van der Waals surface area contributed by atoms with Gasteiger partial charge in [-0.25, -0.2) is 0 Å². The lowest BCUT2D eigenvalue weighted by Gasteiger charge is -2.01. The van der Waals surface area contributed by atoms with Gasteiger partial charge in [0.1, 0.15) is 0 Å². The molecule has 6 heteroatoms. The second kappa shape index (κ2) is 5.14. The number of halogens is 2. The summed E-state index contributed by atoms with van der Waals surface area (Å²) < 4.78 is 5.61. The molecule has 1 saturated heterocycles. The van der Waals surface area contributed by atoms with Crippen molar-refractivity contribution in [3.05, 3.63) is 11.8 Å². The van der Waals surface area contributed by atoms with Crippen LogP contribution in [0.2, 0.25) is 0 Å². The molecule has 0 amide bonds. The summed E-state index contributed by atoms with van der Waals surface area (Å²) in [6.45, 7) is 1.08. The fourth-order valence-corrected chi connectivity index (χ4v) is 1.78. The topological polar surface area (TPSA) is 51.0 Å². The maximum Gasteiger partial charge on any atom is 0.233 e. The minimum Gasteiger partial charge on any atom is -0.423 e. The van der Waals surface area contributed by atoms with Crippen molar-refractivity contribution in [3.8, 4) is 0 Å². The van der Waals surface area contributed by atoms with Crippen LogP contribution in [-0.4, -0.2) is 16.7 Å². The van der Waals surface area contributed by atoms with Crippen LogP contribution >= 0.6 is 24.8 Å². The van der Waals surface area contributed by atoms with Gasteiger partial charge in [0.2, 0.25) is 11.8 Å². The summed E-state index contributed by atoms with van der Waals surface area (Å²) in [5.41, 5.74) is 0. The molecule has 1 N–H and O–H groups in total. The number of aromatic nitrogens is 2. The fraction of sp³-hybridized carbons (Fsp3) is 0.778. The third-order valence-electron chi connectivity index (χ3n) is 2.74. The van der Waals surface area contributed by atoms with Crippen molar-refractivity contribution >= 4 is 24.8 Å². The Labute approximate surface area is 101 Å². The average molecular weight is 252 g/mol. The molecule has 0 aromatic carbocycles. The fourth-order valence-electron chi connectivity index (χ4n) is 1.78. The standard InChI is InChI=1S/C9H13N3O.2ClH/c1-2-7(10-5-1)9-12-11-8(13-9)6-3-4-6;;/h6-7,10H,1-5H2;2*1H. The van der Waals surface area contributed by atoms with E-state index < -0.39 is 0 Å². The summed E-state index contributed by atoms with van der Waals surface area (Å²) in [4.78, 5) is 0. The first kappa shape index (κ1) is 12.7. The highest BCUT2D eigenvalue weighted by Gasteiger charge is 2.31. The van der Waals surface area contributed by atoms with Crippen molar-refractivity contribution in [3.63, 3.8) is 0 Å². The summed E-state index contributed by atoms with van der Waals surface area (Å²) >= 11 is 0. The SMILES string of the molecule is C1CNC(c2nnc(C3CC3)o2)C1.Cl.Cl. The molecule has 1 unspecified atom stereocenters. The van der Waals surface area contributed by atoms with Crippen LogP contribution in [0.15, 0.2) is 4.42 Å². The second-order valence-corrected chi connectivity index (χ2v) is 3.90. The van der Waals surface area contributed by atoms with Crippen molar-refractivity contribution in [2.75, 3.05) is 6.54 Å². The molecule has 1 atom stereocenters. The zero-order valence-electron chi connectivity index (χ0n) is 8.31. The Morgan fingerprint density at radius 1 is 1.07 bits per heavy atom. The molecule has 3 rings (SSSR count). The Balaban J connectivity index is 0.000000562. The Bertz CT molecular complexity index is 308. The number of nitrogens with one attached hydrogen (secondary N) is 1. The maximum absolute atomic E-state index is 5.61. The van der Waals surface area contributed by atoms with E-state index in [1.54, 1.807) is 0 Å². The number of hydrogen-bond acceptors (Lipinski definition) is 4. The highest BCUT2D eigenvalue weighted by molar-refractivity contribution is 5.85. The van der Waals surface area contributed by atoms with Gasteiger partial charge in [0.15, 0.2) is 0 Å². The Morgan fingerprint density at radius 3 is 2.40 bits per heavy atom. The van der Waals surface area contributed by atoms with Crippen LogP contribution < -0.4 is 5.32 Å². The van der Waals surface area contributed by atoms with Crippen LogP contribution in [0.5, 0.6) is 0 Å². The molecule has 4 nitrogen and oxygen atoms in total. The monoisotopic (exact) mass is 251 g/mol. The van der Waals surface area contributed by atoms with E-state index in [0.717, 1.165) is 24.7 Å². The van der Waals surface area contributed by atoms with Crippen molar-refractivity contribution in [2.45, 2.75) is 37.6 Å². The van der Waals surface area contributed by atoms with Crippen LogP contribution in [0.1, 0.15) is 49.4 Å². The van der Waals surface area contributed by atoms with E-state index in [2.05, 4.69) is 15.5 Å². The highest BCUT2D eigenvalue weighted by Crippen LogP contribution is 2.39. The molecule has 1 aromatic rings. The first-order valence-corrected chi connectivity index (χ1v) is 5.00. The molecular weight excluding hydrogens is 237 g/mol. The van der Waals surface area contributed by atoms with Gasteiger partial charge < -0.3 is 9.73 Å². The maximum atomic E-state index is 5.61. The molecular formula is C9H15Cl2N3O. The summed E-state index contributed by atoms with van der Waals surface area (Å²) in [7, 11) is 0. The van der Waals surface area contributed by atoms with Crippen LogP contribution in [0.25, 0.3) is 0 Å². The predicted octanol–water partition coefficient (Wildman–Crippen LogP) is 2.22. The quantitative estimate of drug-likeness (QED) is 0.876. The van der Waals surface area contributed by atoms with Gasteiger partial charge in [-0.05, 0) is 32.2 Å². The largest absolute Gasteiger partial charge is 0.423 e. The molecule has 2 aliphatic rings. The second-order valence-electron chi connectivity index (χ2n) is 3.90. The minimum absolute atomic E-state index is 0. The van der Waals surface area contributed by atoms with E-state index in [9.17, 15) is 0 Å². The first-order chi connectivity index (χ1) is 6.43.